The van der Waals surface area contributed by atoms with Gasteiger partial charge in [-0.3, -0.25) is 0 Å². The third-order valence-corrected chi connectivity index (χ3v) is 6.85. The number of benzene rings is 1. The molecular formula is C22H29F3N2O3. The Morgan fingerprint density at radius 2 is 2.03 bits per heavy atom. The second kappa shape index (κ2) is 9.04. The molecule has 2 fully saturated rings. The van der Waals surface area contributed by atoms with E-state index in [1.807, 2.05) is 0 Å². The summed E-state index contributed by atoms with van der Waals surface area (Å²) >= 11 is 0. The van der Waals surface area contributed by atoms with E-state index in [4.69, 9.17) is 4.74 Å². The molecule has 3 aliphatic rings. The number of carbonyl (C=O) groups excluding carboxylic acids is 1. The van der Waals surface area contributed by atoms with Gasteiger partial charge in [-0.1, -0.05) is 12.8 Å². The van der Waals surface area contributed by atoms with Gasteiger partial charge >= 0.3 is 6.09 Å². The summed E-state index contributed by atoms with van der Waals surface area (Å²) in [4.78, 5) is 14.3. The lowest BCUT2D eigenvalue weighted by Gasteiger charge is -2.42. The van der Waals surface area contributed by atoms with Crippen molar-refractivity contribution in [1.29, 1.82) is 0 Å². The molecule has 1 aliphatic carbocycles. The second-order valence-electron chi connectivity index (χ2n) is 8.75. The first kappa shape index (κ1) is 21.3. The topological polar surface area (TPSA) is 50.8 Å². The van der Waals surface area contributed by atoms with Gasteiger partial charge in [0.05, 0.1) is 6.61 Å². The number of fused-ring (bicyclic) bond motifs is 2. The zero-order chi connectivity index (χ0) is 21.1. The monoisotopic (exact) mass is 426 g/mol. The lowest BCUT2D eigenvalue weighted by Crippen LogP contribution is -2.49. The van der Waals surface area contributed by atoms with Crippen LogP contribution in [0.3, 0.4) is 0 Å². The second-order valence-corrected chi connectivity index (χ2v) is 8.75. The van der Waals surface area contributed by atoms with Crippen LogP contribution < -0.4 is 10.1 Å². The number of likely N-dealkylation sites (tertiary alicyclic amines) is 1. The fraction of sp³-hybridized carbons (Fsp3) is 0.682. The van der Waals surface area contributed by atoms with Crippen LogP contribution >= 0.6 is 0 Å². The van der Waals surface area contributed by atoms with E-state index in [2.05, 4.69) is 15.0 Å². The number of alkyl halides is 2. The molecule has 1 saturated heterocycles. The summed E-state index contributed by atoms with van der Waals surface area (Å²) in [6.45, 7) is 1.52. The lowest BCUT2D eigenvalue weighted by atomic mass is 9.74. The maximum atomic E-state index is 13.8. The van der Waals surface area contributed by atoms with Gasteiger partial charge in [0.2, 0.25) is 0 Å². The van der Waals surface area contributed by atoms with Crippen LogP contribution in [0.2, 0.25) is 0 Å². The van der Waals surface area contributed by atoms with E-state index in [-0.39, 0.29) is 17.3 Å². The standard InChI is InChI=1S/C22H29F3N2O3/c23-15-5-6-19-18(11-15)22(14-30-19)7-9-27(10-8-22)17-4-2-1-3-16(12-17)26-21(28)29-13-20(24)25/h5-6,11,16-17,20H,1-4,7-10,12-14H2,(H,26,28). The highest BCUT2D eigenvalue weighted by molar-refractivity contribution is 5.67. The molecule has 166 valence electrons. The Morgan fingerprint density at radius 1 is 1.27 bits per heavy atom. The lowest BCUT2D eigenvalue weighted by molar-refractivity contribution is 0.0462. The predicted octanol–water partition coefficient (Wildman–Crippen LogP) is 4.24. The molecule has 8 heteroatoms. The number of nitrogens with one attached hydrogen (secondary N) is 1. The molecule has 1 saturated carbocycles. The fourth-order valence-electron chi connectivity index (χ4n) is 5.21. The number of carbonyl (C=O) groups is 1. The number of ether oxygens (including phenoxy) is 2. The average Bonchev–Trinajstić information content (AvgIpc) is 2.90. The van der Waals surface area contributed by atoms with Crippen molar-refractivity contribution >= 4 is 6.09 Å². The molecule has 2 unspecified atom stereocenters. The summed E-state index contributed by atoms with van der Waals surface area (Å²) in [6.07, 6.45) is 3.15. The van der Waals surface area contributed by atoms with Crippen LogP contribution in [0.4, 0.5) is 18.0 Å². The summed E-state index contributed by atoms with van der Waals surface area (Å²) in [6, 6.07) is 5.05. The molecule has 30 heavy (non-hydrogen) atoms. The first-order chi connectivity index (χ1) is 14.4. The largest absolute Gasteiger partial charge is 0.492 e. The summed E-state index contributed by atoms with van der Waals surface area (Å²) in [7, 11) is 0. The number of alkyl carbamates (subject to hydrolysis) is 1. The fourth-order valence-corrected chi connectivity index (χ4v) is 5.21. The molecule has 1 aromatic carbocycles. The van der Waals surface area contributed by atoms with Crippen LogP contribution in [0.5, 0.6) is 5.75 Å². The number of halogens is 3. The van der Waals surface area contributed by atoms with Crippen LogP contribution in [0.25, 0.3) is 0 Å². The number of nitrogens with zero attached hydrogens (tertiary/aromatic N) is 1. The third-order valence-electron chi connectivity index (χ3n) is 6.85. The molecule has 1 N–H and O–H groups in total. The van der Waals surface area contributed by atoms with Gasteiger partial charge in [-0.2, -0.15) is 0 Å². The van der Waals surface area contributed by atoms with Gasteiger partial charge in [-0.25, -0.2) is 18.0 Å². The molecule has 2 heterocycles. The summed E-state index contributed by atoms with van der Waals surface area (Å²) in [5.41, 5.74) is 0.874. The summed E-state index contributed by atoms with van der Waals surface area (Å²) < 4.78 is 48.7. The molecule has 0 radical (unpaired) electrons. The van der Waals surface area contributed by atoms with Gasteiger partial charge < -0.3 is 19.7 Å². The number of piperidine rings is 1. The Hall–Kier alpha value is -1.96. The van der Waals surface area contributed by atoms with E-state index in [0.717, 1.165) is 69.3 Å². The van der Waals surface area contributed by atoms with Crippen molar-refractivity contribution in [2.24, 2.45) is 0 Å². The number of hydrogen-bond donors (Lipinski definition) is 1. The summed E-state index contributed by atoms with van der Waals surface area (Å²) in [5, 5.41) is 2.77. The van der Waals surface area contributed by atoms with Crippen molar-refractivity contribution in [2.45, 2.75) is 68.9 Å². The minimum atomic E-state index is -2.66. The Labute approximate surface area is 174 Å². The maximum absolute atomic E-state index is 13.8. The van der Waals surface area contributed by atoms with Gasteiger partial charge in [0.1, 0.15) is 11.6 Å². The van der Waals surface area contributed by atoms with E-state index in [9.17, 15) is 18.0 Å². The van der Waals surface area contributed by atoms with Crippen LogP contribution in [-0.4, -0.2) is 55.8 Å². The molecule has 1 spiro atoms. The minimum absolute atomic E-state index is 0.0665. The number of rotatable bonds is 4. The van der Waals surface area contributed by atoms with Crippen molar-refractivity contribution in [3.8, 4) is 5.75 Å². The quantitative estimate of drug-likeness (QED) is 0.732. The smallest absolute Gasteiger partial charge is 0.407 e. The molecule has 5 nitrogen and oxygen atoms in total. The third kappa shape index (κ3) is 4.68. The van der Waals surface area contributed by atoms with E-state index >= 15 is 0 Å². The Kier molecular flexibility index (Phi) is 6.41. The van der Waals surface area contributed by atoms with Crippen molar-refractivity contribution < 1.29 is 27.4 Å². The van der Waals surface area contributed by atoms with Crippen molar-refractivity contribution in [2.75, 3.05) is 26.3 Å². The number of hydrogen-bond acceptors (Lipinski definition) is 4. The van der Waals surface area contributed by atoms with Gasteiger partial charge in [0.15, 0.2) is 6.61 Å². The highest BCUT2D eigenvalue weighted by atomic mass is 19.3. The van der Waals surface area contributed by atoms with Crippen LogP contribution in [0, 0.1) is 5.82 Å². The van der Waals surface area contributed by atoms with Crippen molar-refractivity contribution in [3.05, 3.63) is 29.6 Å². The molecule has 0 bridgehead atoms. The van der Waals surface area contributed by atoms with Gasteiger partial charge in [0.25, 0.3) is 6.43 Å². The molecule has 0 aromatic heterocycles. The molecule has 1 aromatic rings. The predicted molar refractivity (Wildman–Crippen MR) is 106 cm³/mol. The van der Waals surface area contributed by atoms with Crippen LogP contribution in [0.15, 0.2) is 18.2 Å². The first-order valence-electron chi connectivity index (χ1n) is 10.8. The maximum Gasteiger partial charge on any atom is 0.407 e. The average molecular weight is 426 g/mol. The Morgan fingerprint density at radius 3 is 2.80 bits per heavy atom. The SMILES string of the molecule is O=C(NC1CCCCC(N2CCC3(CC2)COc2ccc(F)cc23)C1)OCC(F)F. The van der Waals surface area contributed by atoms with Gasteiger partial charge in [-0.15, -0.1) is 0 Å². The van der Waals surface area contributed by atoms with E-state index in [1.165, 1.54) is 6.07 Å². The number of amides is 1. The van der Waals surface area contributed by atoms with Crippen LogP contribution in [0.1, 0.15) is 50.5 Å². The van der Waals surface area contributed by atoms with E-state index < -0.39 is 19.1 Å². The zero-order valence-electron chi connectivity index (χ0n) is 17.0. The minimum Gasteiger partial charge on any atom is -0.492 e. The molecule has 2 atom stereocenters. The van der Waals surface area contributed by atoms with Gasteiger partial charge in [-0.05, 0) is 63.4 Å². The van der Waals surface area contributed by atoms with Crippen molar-refractivity contribution in [3.63, 3.8) is 0 Å². The van der Waals surface area contributed by atoms with Crippen LogP contribution in [-0.2, 0) is 10.2 Å². The Bertz CT molecular complexity index is 753. The Balaban J connectivity index is 1.34. The summed E-state index contributed by atoms with van der Waals surface area (Å²) in [5.74, 6) is 0.573. The highest BCUT2D eigenvalue weighted by Crippen LogP contribution is 2.46. The molecular weight excluding hydrogens is 397 g/mol. The zero-order valence-corrected chi connectivity index (χ0v) is 17.0. The van der Waals surface area contributed by atoms with Gasteiger partial charge in [0, 0.05) is 23.1 Å². The van der Waals surface area contributed by atoms with E-state index in [1.54, 1.807) is 12.1 Å². The van der Waals surface area contributed by atoms with E-state index in [0.29, 0.717) is 12.6 Å². The molecule has 2 aliphatic heterocycles. The normalized spacial score (nSPS) is 26.1. The first-order valence-corrected chi connectivity index (χ1v) is 10.8. The molecule has 1 amide bonds. The van der Waals surface area contributed by atoms with Crippen molar-refractivity contribution in [1.82, 2.24) is 10.2 Å². The molecule has 4 rings (SSSR count). The highest BCUT2D eigenvalue weighted by Gasteiger charge is 2.44.